The molecular weight excluding hydrogens is 430 g/mol. The molecule has 3 amide bonds. The standard InChI is InChI=1S/C26H31N5O3/c1-3-16-11-18(13-28-22(16)27)29-23(32)24(33)31-14-15(2)5-8-21(31)17-6-7-20-19(12-17)26(9-4-10-26)25(34)30-20/h6-7,11-13,15,21H,3-5,8-10,14H2,1-2H3,(H2,27,28)(H,29,32)(H,30,34). The number of hydrogen-bond donors (Lipinski definition) is 3. The summed E-state index contributed by atoms with van der Waals surface area (Å²) < 4.78 is 0. The van der Waals surface area contributed by atoms with Crippen LogP contribution >= 0.6 is 0 Å². The first kappa shape index (κ1) is 22.4. The number of hydrogen-bond acceptors (Lipinski definition) is 5. The molecule has 1 spiro atoms. The van der Waals surface area contributed by atoms with Crippen molar-refractivity contribution in [1.82, 2.24) is 9.88 Å². The van der Waals surface area contributed by atoms with Gasteiger partial charge < -0.3 is 21.3 Å². The van der Waals surface area contributed by atoms with E-state index < -0.39 is 17.2 Å². The van der Waals surface area contributed by atoms with Gasteiger partial charge in [-0.1, -0.05) is 32.4 Å². The minimum atomic E-state index is -0.679. The Kier molecular flexibility index (Phi) is 5.54. The maximum atomic E-state index is 13.3. The van der Waals surface area contributed by atoms with Gasteiger partial charge in [0.2, 0.25) is 5.91 Å². The quantitative estimate of drug-likeness (QED) is 0.605. The molecule has 1 saturated heterocycles. The minimum Gasteiger partial charge on any atom is -0.383 e. The molecule has 4 N–H and O–H groups in total. The number of piperidine rings is 1. The van der Waals surface area contributed by atoms with Crippen molar-refractivity contribution in [2.45, 2.75) is 63.8 Å². The van der Waals surface area contributed by atoms with E-state index in [4.69, 9.17) is 5.73 Å². The highest BCUT2D eigenvalue weighted by molar-refractivity contribution is 6.39. The van der Waals surface area contributed by atoms with E-state index in [-0.39, 0.29) is 11.9 Å². The van der Waals surface area contributed by atoms with E-state index in [1.54, 1.807) is 11.0 Å². The maximum Gasteiger partial charge on any atom is 0.313 e. The van der Waals surface area contributed by atoms with Crippen molar-refractivity contribution in [1.29, 1.82) is 0 Å². The summed E-state index contributed by atoms with van der Waals surface area (Å²) in [7, 11) is 0. The van der Waals surface area contributed by atoms with Crippen molar-refractivity contribution in [2.75, 3.05) is 22.9 Å². The molecule has 2 unspecified atom stereocenters. The number of pyridine rings is 1. The molecule has 1 aromatic heterocycles. The first-order chi connectivity index (χ1) is 16.3. The summed E-state index contributed by atoms with van der Waals surface area (Å²) in [6, 6.07) is 7.56. The highest BCUT2D eigenvalue weighted by Gasteiger charge is 2.51. The van der Waals surface area contributed by atoms with E-state index in [2.05, 4.69) is 28.6 Å². The second kappa shape index (κ2) is 8.42. The van der Waals surface area contributed by atoms with Crippen molar-refractivity contribution >= 4 is 34.9 Å². The molecule has 1 aliphatic carbocycles. The largest absolute Gasteiger partial charge is 0.383 e. The number of nitrogens with two attached hydrogens (primary N) is 1. The van der Waals surface area contributed by atoms with Crippen molar-refractivity contribution in [3.05, 3.63) is 47.2 Å². The van der Waals surface area contributed by atoms with Gasteiger partial charge in [-0.25, -0.2) is 4.98 Å². The van der Waals surface area contributed by atoms with Crippen LogP contribution in [0.25, 0.3) is 0 Å². The average molecular weight is 462 g/mol. The summed E-state index contributed by atoms with van der Waals surface area (Å²) in [6.45, 7) is 4.56. The SMILES string of the molecule is CCc1cc(NC(=O)C(=O)N2CC(C)CCC2c2ccc3c(c2)C2(CCC2)C(=O)N3)cnc1N. The highest BCUT2D eigenvalue weighted by Crippen LogP contribution is 2.52. The van der Waals surface area contributed by atoms with Crippen LogP contribution in [-0.4, -0.2) is 34.2 Å². The highest BCUT2D eigenvalue weighted by atomic mass is 16.2. The summed E-state index contributed by atoms with van der Waals surface area (Å²) in [4.78, 5) is 44.7. The first-order valence-corrected chi connectivity index (χ1v) is 12.1. The number of anilines is 3. The summed E-state index contributed by atoms with van der Waals surface area (Å²) >= 11 is 0. The molecule has 1 saturated carbocycles. The van der Waals surface area contributed by atoms with Gasteiger partial charge in [-0.05, 0) is 66.8 Å². The zero-order valence-corrected chi connectivity index (χ0v) is 19.7. The Bertz CT molecular complexity index is 1170. The second-order valence-electron chi connectivity index (χ2n) is 9.93. The van der Waals surface area contributed by atoms with Crippen LogP contribution in [0.2, 0.25) is 0 Å². The predicted molar refractivity (Wildman–Crippen MR) is 130 cm³/mol. The van der Waals surface area contributed by atoms with Crippen molar-refractivity contribution in [3.8, 4) is 0 Å². The van der Waals surface area contributed by atoms with Gasteiger partial charge in [-0.3, -0.25) is 14.4 Å². The number of aryl methyl sites for hydroxylation is 1. The number of rotatable bonds is 3. The molecule has 2 aromatic rings. The fraction of sp³-hybridized carbons (Fsp3) is 0.462. The van der Waals surface area contributed by atoms with Gasteiger partial charge in [-0.2, -0.15) is 0 Å². The lowest BCUT2D eigenvalue weighted by atomic mass is 9.65. The van der Waals surface area contributed by atoms with Gasteiger partial charge in [-0.15, -0.1) is 0 Å². The first-order valence-electron chi connectivity index (χ1n) is 12.1. The molecule has 3 aliphatic rings. The number of nitrogens with zero attached hydrogens (tertiary/aromatic N) is 2. The van der Waals surface area contributed by atoms with Crippen molar-refractivity contribution < 1.29 is 14.4 Å². The second-order valence-corrected chi connectivity index (χ2v) is 9.93. The Morgan fingerprint density at radius 2 is 2.06 bits per heavy atom. The molecule has 2 atom stereocenters. The minimum absolute atomic E-state index is 0.0824. The molecule has 34 heavy (non-hydrogen) atoms. The zero-order valence-electron chi connectivity index (χ0n) is 19.7. The molecule has 0 radical (unpaired) electrons. The monoisotopic (exact) mass is 461 g/mol. The molecule has 8 heteroatoms. The number of aromatic nitrogens is 1. The summed E-state index contributed by atoms with van der Waals surface area (Å²) in [5.41, 5.74) is 9.62. The average Bonchev–Trinajstić information content (AvgIpc) is 3.11. The molecular formula is C26H31N5O3. The van der Waals surface area contributed by atoms with Crippen LogP contribution in [0.5, 0.6) is 0 Å². The summed E-state index contributed by atoms with van der Waals surface area (Å²) in [6.07, 6.45) is 6.66. The Hall–Kier alpha value is -3.42. The van der Waals surface area contributed by atoms with Gasteiger partial charge >= 0.3 is 11.8 Å². The molecule has 2 aliphatic heterocycles. The number of nitrogen functional groups attached to an aromatic ring is 1. The molecule has 0 bridgehead atoms. The number of amides is 3. The number of benzene rings is 1. The van der Waals surface area contributed by atoms with Crippen molar-refractivity contribution in [2.24, 2.45) is 5.92 Å². The van der Waals surface area contributed by atoms with E-state index >= 15 is 0 Å². The van der Waals surface area contributed by atoms with E-state index in [0.29, 0.717) is 30.4 Å². The number of carbonyl (C=O) groups is 3. The third kappa shape index (κ3) is 3.61. The van der Waals surface area contributed by atoms with Crippen LogP contribution in [0.3, 0.4) is 0 Å². The number of carbonyl (C=O) groups excluding carboxylic acids is 3. The van der Waals surface area contributed by atoms with Gasteiger partial charge in [0.15, 0.2) is 0 Å². The molecule has 178 valence electrons. The third-order valence-corrected chi connectivity index (χ3v) is 7.75. The summed E-state index contributed by atoms with van der Waals surface area (Å²) in [5, 5.41) is 5.73. The van der Waals surface area contributed by atoms with Crippen LogP contribution in [-0.2, 0) is 26.2 Å². The number of fused-ring (bicyclic) bond motifs is 2. The lowest BCUT2D eigenvalue weighted by Crippen LogP contribution is -2.46. The van der Waals surface area contributed by atoms with Gasteiger partial charge in [0.1, 0.15) is 5.82 Å². The van der Waals surface area contributed by atoms with E-state index in [9.17, 15) is 14.4 Å². The maximum absolute atomic E-state index is 13.3. The van der Waals surface area contributed by atoms with Crippen LogP contribution in [0.4, 0.5) is 17.2 Å². The van der Waals surface area contributed by atoms with Crippen LogP contribution in [0.15, 0.2) is 30.5 Å². The molecule has 1 aromatic carbocycles. The number of nitrogens with one attached hydrogen (secondary N) is 2. The normalized spacial score (nSPS) is 22.6. The molecule has 8 nitrogen and oxygen atoms in total. The van der Waals surface area contributed by atoms with Gasteiger partial charge in [0, 0.05) is 12.2 Å². The van der Waals surface area contributed by atoms with E-state index in [1.165, 1.54) is 6.20 Å². The lowest BCUT2D eigenvalue weighted by molar-refractivity contribution is -0.146. The molecule has 2 fully saturated rings. The van der Waals surface area contributed by atoms with E-state index in [0.717, 1.165) is 54.5 Å². The van der Waals surface area contributed by atoms with Gasteiger partial charge in [0.05, 0.1) is 23.3 Å². The topological polar surface area (TPSA) is 117 Å². The Morgan fingerprint density at radius 3 is 2.76 bits per heavy atom. The Balaban J connectivity index is 1.40. The lowest BCUT2D eigenvalue weighted by Gasteiger charge is -2.40. The molecule has 5 rings (SSSR count). The van der Waals surface area contributed by atoms with Crippen LogP contribution in [0, 0.1) is 5.92 Å². The Morgan fingerprint density at radius 1 is 1.26 bits per heavy atom. The smallest absolute Gasteiger partial charge is 0.313 e. The van der Waals surface area contributed by atoms with Crippen LogP contribution in [0.1, 0.15) is 68.7 Å². The van der Waals surface area contributed by atoms with E-state index in [1.807, 2.05) is 19.1 Å². The van der Waals surface area contributed by atoms with Gasteiger partial charge in [0.25, 0.3) is 0 Å². The summed E-state index contributed by atoms with van der Waals surface area (Å²) in [5.74, 6) is -0.432. The predicted octanol–water partition coefficient (Wildman–Crippen LogP) is 3.54. The molecule has 3 heterocycles. The van der Waals surface area contributed by atoms with Crippen LogP contribution < -0.4 is 16.4 Å². The third-order valence-electron chi connectivity index (χ3n) is 7.75. The fourth-order valence-corrected chi connectivity index (χ4v) is 5.58. The zero-order chi connectivity index (χ0) is 24.0. The fourth-order valence-electron chi connectivity index (χ4n) is 5.58. The van der Waals surface area contributed by atoms with Crippen molar-refractivity contribution in [3.63, 3.8) is 0 Å². The number of likely N-dealkylation sites (tertiary alicyclic amines) is 1. The Labute approximate surface area is 199 Å².